The maximum absolute atomic E-state index is 11.3. The van der Waals surface area contributed by atoms with Gasteiger partial charge in [0.2, 0.25) is 0 Å². The van der Waals surface area contributed by atoms with Gasteiger partial charge in [0.05, 0.1) is 23.9 Å². The summed E-state index contributed by atoms with van der Waals surface area (Å²) in [4.78, 5) is 44.5. The predicted octanol–water partition coefficient (Wildman–Crippen LogP) is -3.71. The number of carboxylic acid groups (broad SMARTS) is 4. The molecule has 0 aliphatic heterocycles. The molecule has 2 rings (SSSR count). The first-order valence-electron chi connectivity index (χ1n) is 5.70. The highest BCUT2D eigenvalue weighted by atomic mass is 16.4. The van der Waals surface area contributed by atoms with Crippen LogP contribution in [0.5, 0.6) is 0 Å². The molecule has 0 aliphatic rings. The zero-order chi connectivity index (χ0) is 16.6. The van der Waals surface area contributed by atoms with Gasteiger partial charge < -0.3 is 39.6 Å². The van der Waals surface area contributed by atoms with E-state index < -0.39 is 51.5 Å². The van der Waals surface area contributed by atoms with Crippen LogP contribution in [-0.4, -0.2) is 23.9 Å². The van der Waals surface area contributed by atoms with E-state index in [9.17, 15) is 39.6 Å². The SMILES string of the molecule is O=C([O-])c1cc2cccc(C(=O)[O-])c2c(C(=O)[O-])c1C(=O)[O-]. The number of fused-ring (bicyclic) bond motifs is 1. The summed E-state index contributed by atoms with van der Waals surface area (Å²) in [7, 11) is 0. The van der Waals surface area contributed by atoms with Crippen molar-refractivity contribution in [2.45, 2.75) is 0 Å². The Morgan fingerprint density at radius 3 is 1.68 bits per heavy atom. The maximum Gasteiger partial charge on any atom is 0.0728 e. The molecule has 0 heterocycles. The van der Waals surface area contributed by atoms with Crippen LogP contribution in [0.3, 0.4) is 0 Å². The van der Waals surface area contributed by atoms with Gasteiger partial charge in [0, 0.05) is 27.6 Å². The molecule has 0 aromatic heterocycles. The van der Waals surface area contributed by atoms with Crippen molar-refractivity contribution < 1.29 is 39.6 Å². The molecular formula is C14H4O8-4. The van der Waals surface area contributed by atoms with Crippen LogP contribution in [-0.2, 0) is 0 Å². The third kappa shape index (κ3) is 2.22. The smallest absolute Gasteiger partial charge is 0.0728 e. The molecule has 8 heteroatoms. The monoisotopic (exact) mass is 300 g/mol. The first kappa shape index (κ1) is 15.0. The van der Waals surface area contributed by atoms with Crippen LogP contribution in [0.2, 0.25) is 0 Å². The number of carboxylic acids is 4. The van der Waals surface area contributed by atoms with Crippen molar-refractivity contribution in [1.29, 1.82) is 0 Å². The molecule has 0 saturated carbocycles. The lowest BCUT2D eigenvalue weighted by Gasteiger charge is -2.21. The van der Waals surface area contributed by atoms with Crippen molar-refractivity contribution in [2.75, 3.05) is 0 Å². The summed E-state index contributed by atoms with van der Waals surface area (Å²) in [6.45, 7) is 0. The fourth-order valence-corrected chi connectivity index (χ4v) is 2.20. The summed E-state index contributed by atoms with van der Waals surface area (Å²) in [5, 5.41) is 43.8. The second-order valence-corrected chi connectivity index (χ2v) is 4.23. The van der Waals surface area contributed by atoms with Gasteiger partial charge in [-0.25, -0.2) is 0 Å². The average Bonchev–Trinajstić information content (AvgIpc) is 2.43. The third-order valence-corrected chi connectivity index (χ3v) is 3.01. The molecule has 0 radical (unpaired) electrons. The van der Waals surface area contributed by atoms with Crippen LogP contribution < -0.4 is 20.4 Å². The lowest BCUT2D eigenvalue weighted by atomic mass is 9.91. The summed E-state index contributed by atoms with van der Waals surface area (Å²) < 4.78 is 0. The number of benzene rings is 2. The molecule has 0 saturated heterocycles. The van der Waals surface area contributed by atoms with Crippen LogP contribution in [0.4, 0.5) is 0 Å². The number of hydrogen-bond donors (Lipinski definition) is 0. The molecular weight excluding hydrogens is 296 g/mol. The van der Waals surface area contributed by atoms with Gasteiger partial charge in [-0.05, 0) is 11.5 Å². The highest BCUT2D eigenvalue weighted by molar-refractivity contribution is 6.19. The normalized spacial score (nSPS) is 10.4. The Morgan fingerprint density at radius 2 is 1.23 bits per heavy atom. The van der Waals surface area contributed by atoms with Gasteiger partial charge in [-0.3, -0.25) is 0 Å². The van der Waals surface area contributed by atoms with Gasteiger partial charge >= 0.3 is 0 Å². The van der Waals surface area contributed by atoms with Crippen molar-refractivity contribution in [3.63, 3.8) is 0 Å². The molecule has 0 N–H and O–H groups in total. The Hall–Kier alpha value is -3.42. The topological polar surface area (TPSA) is 161 Å². The van der Waals surface area contributed by atoms with E-state index in [0.29, 0.717) is 0 Å². The first-order chi connectivity index (χ1) is 10.3. The largest absolute Gasteiger partial charge is 0.545 e. The second kappa shape index (κ2) is 5.17. The number of hydrogen-bond acceptors (Lipinski definition) is 8. The highest BCUT2D eigenvalue weighted by Gasteiger charge is 2.18. The Kier molecular flexibility index (Phi) is 3.52. The van der Waals surface area contributed by atoms with E-state index in [1.807, 2.05) is 0 Å². The van der Waals surface area contributed by atoms with Gasteiger partial charge in [0.25, 0.3) is 0 Å². The van der Waals surface area contributed by atoms with Gasteiger partial charge in [0.1, 0.15) is 0 Å². The Balaban J connectivity index is 3.16. The van der Waals surface area contributed by atoms with Crippen LogP contribution in [0.25, 0.3) is 10.8 Å². The lowest BCUT2D eigenvalue weighted by molar-refractivity contribution is -0.261. The second-order valence-electron chi connectivity index (χ2n) is 4.23. The van der Waals surface area contributed by atoms with Crippen molar-refractivity contribution in [3.8, 4) is 0 Å². The van der Waals surface area contributed by atoms with E-state index in [0.717, 1.165) is 12.1 Å². The van der Waals surface area contributed by atoms with E-state index in [4.69, 9.17) is 0 Å². The highest BCUT2D eigenvalue weighted by Crippen LogP contribution is 2.28. The molecule has 0 amide bonds. The molecule has 0 atom stereocenters. The van der Waals surface area contributed by atoms with E-state index >= 15 is 0 Å². The van der Waals surface area contributed by atoms with Crippen molar-refractivity contribution in [2.24, 2.45) is 0 Å². The van der Waals surface area contributed by atoms with Gasteiger partial charge in [0.15, 0.2) is 0 Å². The molecule has 0 unspecified atom stereocenters. The van der Waals surface area contributed by atoms with E-state index in [1.165, 1.54) is 12.1 Å². The third-order valence-electron chi connectivity index (χ3n) is 3.01. The Morgan fingerprint density at radius 1 is 0.682 bits per heavy atom. The molecule has 8 nitrogen and oxygen atoms in total. The molecule has 0 bridgehead atoms. The molecule has 0 spiro atoms. The summed E-state index contributed by atoms with van der Waals surface area (Å²) in [6.07, 6.45) is 0. The van der Waals surface area contributed by atoms with E-state index in [2.05, 4.69) is 0 Å². The van der Waals surface area contributed by atoms with Gasteiger partial charge in [-0.1, -0.05) is 18.2 Å². The van der Waals surface area contributed by atoms with Gasteiger partial charge in [-0.15, -0.1) is 0 Å². The van der Waals surface area contributed by atoms with Crippen LogP contribution in [0.1, 0.15) is 41.4 Å². The first-order valence-corrected chi connectivity index (χ1v) is 5.70. The van der Waals surface area contributed by atoms with E-state index in [-0.39, 0.29) is 5.39 Å². The maximum atomic E-state index is 11.3. The number of rotatable bonds is 4. The van der Waals surface area contributed by atoms with Crippen LogP contribution in [0.15, 0.2) is 24.3 Å². The molecule has 2 aromatic carbocycles. The minimum absolute atomic E-state index is 0.134. The van der Waals surface area contributed by atoms with Crippen molar-refractivity contribution >= 4 is 34.6 Å². The minimum Gasteiger partial charge on any atom is -0.545 e. The van der Waals surface area contributed by atoms with E-state index in [1.54, 1.807) is 0 Å². The molecule has 112 valence electrons. The fraction of sp³-hybridized carbons (Fsp3) is 0. The Labute approximate surface area is 121 Å². The number of carbonyl (C=O) groups is 4. The number of aromatic carboxylic acids is 4. The average molecular weight is 300 g/mol. The zero-order valence-electron chi connectivity index (χ0n) is 10.6. The van der Waals surface area contributed by atoms with Crippen LogP contribution in [0, 0.1) is 0 Å². The molecule has 0 aliphatic carbocycles. The minimum atomic E-state index is -2.12. The zero-order valence-corrected chi connectivity index (χ0v) is 10.6. The Bertz CT molecular complexity index is 850. The predicted molar refractivity (Wildman–Crippen MR) is 61.3 cm³/mol. The van der Waals surface area contributed by atoms with Crippen LogP contribution >= 0.6 is 0 Å². The van der Waals surface area contributed by atoms with Crippen molar-refractivity contribution in [3.05, 3.63) is 46.5 Å². The fourth-order valence-electron chi connectivity index (χ4n) is 2.20. The molecule has 22 heavy (non-hydrogen) atoms. The number of carbonyl (C=O) groups excluding carboxylic acids is 4. The lowest BCUT2D eigenvalue weighted by Crippen LogP contribution is -2.35. The van der Waals surface area contributed by atoms with Gasteiger partial charge in [-0.2, -0.15) is 0 Å². The summed E-state index contributed by atoms with van der Waals surface area (Å²) in [5.74, 6) is -7.91. The molecule has 0 fully saturated rings. The molecule has 2 aromatic rings. The standard InChI is InChI=1S/C14H8O8/c15-11(16)6-3-1-2-5-4-7(12(17)18)9(13(19)20)10(8(5)6)14(21)22/h1-4H,(H,15,16)(H,17,18)(H,19,20)(H,21,22)/p-4. The summed E-state index contributed by atoms with van der Waals surface area (Å²) >= 11 is 0. The summed E-state index contributed by atoms with van der Waals surface area (Å²) in [5.41, 5.74) is -3.91. The van der Waals surface area contributed by atoms with Crippen molar-refractivity contribution in [1.82, 2.24) is 0 Å². The summed E-state index contributed by atoms with van der Waals surface area (Å²) in [6, 6.07) is 4.19. The quantitative estimate of drug-likeness (QED) is 0.557.